The second kappa shape index (κ2) is 8.84. The third kappa shape index (κ3) is 4.18. The lowest BCUT2D eigenvalue weighted by Crippen LogP contribution is -2.54. The van der Waals surface area contributed by atoms with Crippen LogP contribution in [0.15, 0.2) is 53.1 Å². The molecule has 1 unspecified atom stereocenters. The number of hydrogen-bond acceptors (Lipinski definition) is 6. The van der Waals surface area contributed by atoms with Gasteiger partial charge in [0.1, 0.15) is 0 Å². The Morgan fingerprint density at radius 3 is 2.56 bits per heavy atom. The van der Waals surface area contributed by atoms with Crippen LogP contribution >= 0.6 is 0 Å². The summed E-state index contributed by atoms with van der Waals surface area (Å²) in [5, 5.41) is 4.14. The molecule has 1 fully saturated rings. The van der Waals surface area contributed by atoms with E-state index in [9.17, 15) is 4.79 Å². The number of piperazine rings is 1. The fourth-order valence-corrected chi connectivity index (χ4v) is 4.59. The minimum Gasteiger partial charge on any atom is -0.338 e. The van der Waals surface area contributed by atoms with Crippen molar-refractivity contribution < 1.29 is 9.32 Å². The Kier molecular flexibility index (Phi) is 5.76. The number of amides is 1. The highest BCUT2D eigenvalue weighted by atomic mass is 16.5. The zero-order valence-electron chi connectivity index (χ0n) is 18.7. The standard InChI is InChI=1S/C25H29N5O2/c1-18-7-9-21(10-8-18)24-26-23(32-27-24)17-28-13-15-29(16-14-28)19(2)25(31)30-12-11-20-5-3-4-6-22(20)30/h3-10,19H,11-17H2,1-2H3. The molecular weight excluding hydrogens is 402 g/mol. The number of nitrogens with zero attached hydrogens (tertiary/aromatic N) is 5. The van der Waals surface area contributed by atoms with Gasteiger partial charge < -0.3 is 9.42 Å². The van der Waals surface area contributed by atoms with Crippen LogP contribution in [0.1, 0.15) is 23.9 Å². The highest BCUT2D eigenvalue weighted by Crippen LogP contribution is 2.28. The highest BCUT2D eigenvalue weighted by Gasteiger charge is 2.32. The minimum absolute atomic E-state index is 0.125. The predicted molar refractivity (Wildman–Crippen MR) is 123 cm³/mol. The van der Waals surface area contributed by atoms with Gasteiger partial charge in [0.25, 0.3) is 0 Å². The lowest BCUT2D eigenvalue weighted by Gasteiger charge is -2.38. The Balaban J connectivity index is 1.15. The molecule has 2 aliphatic rings. The Morgan fingerprint density at radius 1 is 1.03 bits per heavy atom. The molecule has 0 N–H and O–H groups in total. The van der Waals surface area contributed by atoms with Crippen LogP contribution in [-0.4, -0.2) is 64.6 Å². The van der Waals surface area contributed by atoms with E-state index in [4.69, 9.17) is 4.52 Å². The number of rotatable bonds is 5. The van der Waals surface area contributed by atoms with E-state index in [1.165, 1.54) is 11.1 Å². The first kappa shape index (κ1) is 20.8. The van der Waals surface area contributed by atoms with Crippen molar-refractivity contribution in [2.75, 3.05) is 37.6 Å². The number of para-hydroxylation sites is 1. The van der Waals surface area contributed by atoms with Crippen LogP contribution in [0.3, 0.4) is 0 Å². The summed E-state index contributed by atoms with van der Waals surface area (Å²) < 4.78 is 5.49. The van der Waals surface area contributed by atoms with Gasteiger partial charge in [0.15, 0.2) is 0 Å². The maximum Gasteiger partial charge on any atom is 0.244 e. The fourth-order valence-electron chi connectivity index (χ4n) is 4.59. The van der Waals surface area contributed by atoms with Gasteiger partial charge in [0.2, 0.25) is 17.6 Å². The number of anilines is 1. The molecule has 166 valence electrons. The number of hydrogen-bond donors (Lipinski definition) is 0. The van der Waals surface area contributed by atoms with E-state index in [0.717, 1.165) is 50.4 Å². The fraction of sp³-hybridized carbons (Fsp3) is 0.400. The number of aromatic nitrogens is 2. The van der Waals surface area contributed by atoms with Crippen LogP contribution in [0.5, 0.6) is 0 Å². The van der Waals surface area contributed by atoms with Gasteiger partial charge in [-0.25, -0.2) is 0 Å². The molecule has 1 aromatic heterocycles. The normalized spacial score (nSPS) is 18.0. The van der Waals surface area contributed by atoms with Crippen LogP contribution in [0.25, 0.3) is 11.4 Å². The van der Waals surface area contributed by atoms with Crippen molar-refractivity contribution >= 4 is 11.6 Å². The molecule has 32 heavy (non-hydrogen) atoms. The summed E-state index contributed by atoms with van der Waals surface area (Å²) in [6.45, 7) is 8.95. The van der Waals surface area contributed by atoms with Gasteiger partial charge in [-0.05, 0) is 31.9 Å². The molecule has 1 saturated heterocycles. The second-order valence-corrected chi connectivity index (χ2v) is 8.73. The smallest absolute Gasteiger partial charge is 0.244 e. The topological polar surface area (TPSA) is 65.7 Å². The summed E-state index contributed by atoms with van der Waals surface area (Å²) in [5.74, 6) is 1.46. The van der Waals surface area contributed by atoms with E-state index in [2.05, 4.69) is 39.0 Å². The van der Waals surface area contributed by atoms with Gasteiger partial charge >= 0.3 is 0 Å². The largest absolute Gasteiger partial charge is 0.338 e. The average molecular weight is 432 g/mol. The van der Waals surface area contributed by atoms with Gasteiger partial charge in [-0.1, -0.05) is 53.2 Å². The molecule has 0 aliphatic carbocycles. The van der Waals surface area contributed by atoms with Crippen molar-refractivity contribution in [3.63, 3.8) is 0 Å². The zero-order chi connectivity index (χ0) is 22.1. The predicted octanol–water partition coefficient (Wildman–Crippen LogP) is 3.14. The summed E-state index contributed by atoms with van der Waals surface area (Å²) >= 11 is 0. The van der Waals surface area contributed by atoms with Gasteiger partial charge in [-0.15, -0.1) is 0 Å². The Morgan fingerprint density at radius 2 is 1.78 bits per heavy atom. The SMILES string of the molecule is Cc1ccc(-c2noc(CN3CCN(C(C)C(=O)N4CCc5ccccc54)CC3)n2)cc1. The average Bonchev–Trinajstić information content (AvgIpc) is 3.46. The van der Waals surface area contributed by atoms with Crippen LogP contribution in [0.2, 0.25) is 0 Å². The molecule has 2 aromatic carbocycles. The first-order chi connectivity index (χ1) is 15.6. The Labute approximate surface area is 188 Å². The summed E-state index contributed by atoms with van der Waals surface area (Å²) in [4.78, 5) is 24.3. The molecule has 0 bridgehead atoms. The first-order valence-electron chi connectivity index (χ1n) is 11.3. The van der Waals surface area contributed by atoms with Gasteiger partial charge in [-0.2, -0.15) is 4.98 Å². The van der Waals surface area contributed by atoms with Crippen molar-refractivity contribution in [2.24, 2.45) is 0 Å². The molecular formula is C25H29N5O2. The number of fused-ring (bicyclic) bond motifs is 1. The van der Waals surface area contributed by atoms with Crippen LogP contribution in [0.4, 0.5) is 5.69 Å². The number of carbonyl (C=O) groups excluding carboxylic acids is 1. The highest BCUT2D eigenvalue weighted by molar-refractivity contribution is 5.98. The summed E-state index contributed by atoms with van der Waals surface area (Å²) in [5.41, 5.74) is 4.51. The van der Waals surface area contributed by atoms with Crippen LogP contribution in [-0.2, 0) is 17.8 Å². The summed E-state index contributed by atoms with van der Waals surface area (Å²) in [6, 6.07) is 16.2. The lowest BCUT2D eigenvalue weighted by molar-refractivity contribution is -0.123. The first-order valence-corrected chi connectivity index (χ1v) is 11.3. The minimum atomic E-state index is -0.125. The van der Waals surface area contributed by atoms with Crippen molar-refractivity contribution in [1.29, 1.82) is 0 Å². The summed E-state index contributed by atoms with van der Waals surface area (Å²) in [6.07, 6.45) is 0.942. The molecule has 0 radical (unpaired) electrons. The van der Waals surface area contributed by atoms with Gasteiger partial charge in [0.05, 0.1) is 12.6 Å². The lowest BCUT2D eigenvalue weighted by atomic mass is 10.1. The molecule has 5 rings (SSSR count). The van der Waals surface area contributed by atoms with Crippen LogP contribution in [0, 0.1) is 6.92 Å². The van der Waals surface area contributed by atoms with E-state index >= 15 is 0 Å². The third-order valence-electron chi connectivity index (χ3n) is 6.60. The Hall–Kier alpha value is -3.03. The second-order valence-electron chi connectivity index (χ2n) is 8.73. The molecule has 1 amide bonds. The van der Waals surface area contributed by atoms with E-state index in [0.29, 0.717) is 18.3 Å². The number of aryl methyl sites for hydroxylation is 1. The molecule has 2 aliphatic heterocycles. The van der Waals surface area contributed by atoms with Crippen molar-refractivity contribution in [2.45, 2.75) is 32.9 Å². The zero-order valence-corrected chi connectivity index (χ0v) is 18.7. The maximum absolute atomic E-state index is 13.2. The van der Waals surface area contributed by atoms with E-state index in [-0.39, 0.29) is 11.9 Å². The molecule has 0 spiro atoms. The van der Waals surface area contributed by atoms with E-state index < -0.39 is 0 Å². The quantitative estimate of drug-likeness (QED) is 0.618. The molecule has 3 heterocycles. The van der Waals surface area contributed by atoms with Gasteiger partial charge in [-0.3, -0.25) is 14.6 Å². The van der Waals surface area contributed by atoms with Crippen molar-refractivity contribution in [3.05, 3.63) is 65.5 Å². The third-order valence-corrected chi connectivity index (χ3v) is 6.60. The van der Waals surface area contributed by atoms with Crippen molar-refractivity contribution in [1.82, 2.24) is 19.9 Å². The van der Waals surface area contributed by atoms with E-state index in [1.807, 2.05) is 48.2 Å². The Bertz CT molecular complexity index is 1090. The monoisotopic (exact) mass is 431 g/mol. The van der Waals surface area contributed by atoms with Crippen molar-refractivity contribution in [3.8, 4) is 11.4 Å². The number of benzene rings is 2. The summed E-state index contributed by atoms with van der Waals surface area (Å²) in [7, 11) is 0. The molecule has 0 saturated carbocycles. The molecule has 3 aromatic rings. The number of carbonyl (C=O) groups is 1. The van der Waals surface area contributed by atoms with Crippen LogP contribution < -0.4 is 4.90 Å². The molecule has 7 heteroatoms. The van der Waals surface area contributed by atoms with Gasteiger partial charge in [0, 0.05) is 44.0 Å². The molecule has 7 nitrogen and oxygen atoms in total. The molecule has 1 atom stereocenters. The maximum atomic E-state index is 13.2. The van der Waals surface area contributed by atoms with E-state index in [1.54, 1.807) is 0 Å².